The number of rotatable bonds is 16. The molecule has 0 radical (unpaired) electrons. The molecule has 0 saturated carbocycles. The molecule has 0 heterocycles. The van der Waals surface area contributed by atoms with Crippen LogP contribution in [0.5, 0.6) is 0 Å². The molecule has 0 aliphatic rings. The summed E-state index contributed by atoms with van der Waals surface area (Å²) in [4.78, 5) is 35.5. The molecule has 15 nitrogen and oxygen atoms in total. The van der Waals surface area contributed by atoms with E-state index in [0.29, 0.717) is 35.8 Å². The molecular weight excluding hydrogens is 1030 g/mol. The normalized spacial score (nSPS) is 10.2. The summed E-state index contributed by atoms with van der Waals surface area (Å²) in [5.74, 6) is -0.437. The fraction of sp³-hybridized carbons (Fsp3) is 0.229. The number of hydrogen-bond donors (Lipinski definition) is 1. The zero-order valence-electron chi connectivity index (χ0n) is 28.9. The summed E-state index contributed by atoms with van der Waals surface area (Å²) in [7, 11) is 0. The fourth-order valence-corrected chi connectivity index (χ4v) is 4.35. The van der Waals surface area contributed by atoms with Crippen LogP contribution < -0.4 is 9.80 Å². The van der Waals surface area contributed by atoms with Crippen LogP contribution in [0.15, 0.2) is 130 Å². The largest absolute Gasteiger partial charge is 0.461 e. The van der Waals surface area contributed by atoms with Gasteiger partial charge in [-0.05, 0) is 86.6 Å². The van der Waals surface area contributed by atoms with E-state index >= 15 is 0 Å². The second kappa shape index (κ2) is 26.6. The number of azo groups is 2. The maximum atomic E-state index is 11.1. The van der Waals surface area contributed by atoms with Crippen molar-refractivity contribution in [3.63, 3.8) is 0 Å². The van der Waals surface area contributed by atoms with E-state index in [4.69, 9.17) is 9.84 Å². The highest BCUT2D eigenvalue weighted by Crippen LogP contribution is 2.25. The van der Waals surface area contributed by atoms with Gasteiger partial charge in [-0.15, -0.1) is 24.0 Å². The Bertz CT molecular complexity index is 1760. The number of carbonyl (C=O) groups excluding carboxylic acids is 1. The van der Waals surface area contributed by atoms with Crippen molar-refractivity contribution in [2.75, 3.05) is 49.2 Å². The van der Waals surface area contributed by atoms with E-state index in [1.54, 1.807) is 24.3 Å². The quantitative estimate of drug-likeness (QED) is 0.0284. The number of nitrogens with zero attached hydrogens (tertiary/aromatic N) is 8. The second-order valence-corrected chi connectivity index (χ2v) is 10.2. The standard InChI is InChI=1S/C19H20N4O4.C16H18N4O3.I2.HI/c1-3-19(24)27-14-13-22(4-2)17-9-5-15(6-10-17)20-21-16-7-11-18(12-8-16)23(25)26;1-2-19(11-12-21)15-7-3-13(4-8-15)17-18-14-5-9-16(10-6-14)20(22)23;1-2;/h3,5-12H,1,4,13-14H2,2H3;3-10,21H,2,11-12H2,1H3;;1H. The minimum absolute atomic E-state index is 0. The Morgan fingerprint density at radius 2 is 1.02 bits per heavy atom. The molecule has 0 aliphatic carbocycles. The van der Waals surface area contributed by atoms with Gasteiger partial charge in [0.05, 0.1) is 45.7 Å². The Kier molecular flexibility index (Phi) is 23.5. The Morgan fingerprint density at radius 1 is 0.698 bits per heavy atom. The third kappa shape index (κ3) is 17.0. The molecule has 4 aromatic carbocycles. The van der Waals surface area contributed by atoms with Crippen molar-refractivity contribution in [1.29, 1.82) is 0 Å². The number of aliphatic hydroxyl groups excluding tert-OH is 1. The van der Waals surface area contributed by atoms with Gasteiger partial charge in [0.1, 0.15) is 6.61 Å². The van der Waals surface area contributed by atoms with Crippen LogP contribution in [0.3, 0.4) is 0 Å². The summed E-state index contributed by atoms with van der Waals surface area (Å²) in [6.07, 6.45) is 1.14. The van der Waals surface area contributed by atoms with E-state index in [0.717, 1.165) is 30.5 Å². The molecule has 0 amide bonds. The number of esters is 1. The minimum atomic E-state index is -0.461. The van der Waals surface area contributed by atoms with Gasteiger partial charge in [-0.2, -0.15) is 20.5 Å². The van der Waals surface area contributed by atoms with Gasteiger partial charge in [-0.3, -0.25) is 20.2 Å². The third-order valence-electron chi connectivity index (χ3n) is 7.02. The molecule has 1 N–H and O–H groups in total. The van der Waals surface area contributed by atoms with Crippen molar-refractivity contribution in [2.24, 2.45) is 20.5 Å². The van der Waals surface area contributed by atoms with E-state index in [-0.39, 0.29) is 48.6 Å². The summed E-state index contributed by atoms with van der Waals surface area (Å²) in [6.45, 7) is 10.5. The zero-order chi connectivity index (χ0) is 38.3. The van der Waals surface area contributed by atoms with Gasteiger partial charge >= 0.3 is 5.97 Å². The second-order valence-electron chi connectivity index (χ2n) is 10.2. The maximum absolute atomic E-state index is 11.1. The van der Waals surface area contributed by atoms with Gasteiger partial charge < -0.3 is 19.6 Å². The van der Waals surface area contributed by atoms with E-state index < -0.39 is 15.8 Å². The highest BCUT2D eigenvalue weighted by Gasteiger charge is 2.07. The predicted octanol–water partition coefficient (Wildman–Crippen LogP) is 10.8. The van der Waals surface area contributed by atoms with Crippen LogP contribution in [-0.2, 0) is 9.53 Å². The molecule has 4 aromatic rings. The van der Waals surface area contributed by atoms with Crippen LogP contribution in [0, 0.1) is 20.2 Å². The molecule has 0 fully saturated rings. The Morgan fingerprint density at radius 3 is 1.30 bits per heavy atom. The van der Waals surface area contributed by atoms with Gasteiger partial charge in [-0.1, -0.05) is 6.58 Å². The number of benzene rings is 4. The van der Waals surface area contributed by atoms with E-state index in [9.17, 15) is 25.0 Å². The number of anilines is 2. The van der Waals surface area contributed by atoms with Gasteiger partial charge in [0.15, 0.2) is 0 Å². The van der Waals surface area contributed by atoms with Gasteiger partial charge in [-0.25, -0.2) is 4.79 Å². The summed E-state index contributed by atoms with van der Waals surface area (Å²) < 4.78 is 5.01. The van der Waals surface area contributed by atoms with Gasteiger partial charge in [0.25, 0.3) is 11.4 Å². The third-order valence-corrected chi connectivity index (χ3v) is 7.02. The molecule has 53 heavy (non-hydrogen) atoms. The summed E-state index contributed by atoms with van der Waals surface area (Å²) >= 11 is 4.24. The molecule has 282 valence electrons. The van der Waals surface area contributed by atoms with E-state index in [1.165, 1.54) is 24.3 Å². The molecule has 0 aliphatic heterocycles. The summed E-state index contributed by atoms with van der Waals surface area (Å²) in [6, 6.07) is 26.7. The number of nitro groups is 2. The first-order valence-corrected chi connectivity index (χ1v) is 22.0. The lowest BCUT2D eigenvalue weighted by atomic mass is 10.2. The van der Waals surface area contributed by atoms with E-state index in [2.05, 4.69) is 74.1 Å². The maximum Gasteiger partial charge on any atom is 0.330 e. The Balaban J connectivity index is 0.000000503. The average molecular weight is 1060 g/mol. The monoisotopic (exact) mass is 1060 g/mol. The van der Waals surface area contributed by atoms with Crippen LogP contribution in [0.2, 0.25) is 0 Å². The topological polar surface area (TPSA) is 189 Å². The lowest BCUT2D eigenvalue weighted by Gasteiger charge is -2.22. The Hall–Kier alpha value is -4.16. The Labute approximate surface area is 347 Å². The molecule has 0 aromatic heterocycles. The lowest BCUT2D eigenvalue weighted by Crippen LogP contribution is -2.27. The number of ether oxygens (including phenoxy) is 1. The van der Waals surface area contributed by atoms with Crippen LogP contribution >= 0.6 is 61.2 Å². The lowest BCUT2D eigenvalue weighted by molar-refractivity contribution is -0.385. The van der Waals surface area contributed by atoms with Crippen molar-refractivity contribution < 1.29 is 24.5 Å². The first kappa shape index (κ1) is 46.9. The smallest absolute Gasteiger partial charge is 0.330 e. The number of non-ortho nitro benzene ring substituents is 2. The molecule has 0 spiro atoms. The summed E-state index contributed by atoms with van der Waals surface area (Å²) in [5.41, 5.74) is 4.45. The number of likely N-dealkylation sites (N-methyl/N-ethyl adjacent to an activating group) is 2. The number of halogens is 3. The number of carbonyl (C=O) groups is 1. The molecule has 0 atom stereocenters. The highest BCUT2D eigenvalue weighted by molar-refractivity contribution is 15.0. The first-order valence-electron chi connectivity index (χ1n) is 15.7. The molecule has 4 rings (SSSR count). The van der Waals surface area contributed by atoms with Crippen molar-refractivity contribution in [2.45, 2.75) is 13.8 Å². The van der Waals surface area contributed by atoms with Gasteiger partial charge in [0, 0.05) is 98.6 Å². The number of hydrogen-bond acceptors (Lipinski definition) is 13. The number of aliphatic hydroxyl groups is 1. The van der Waals surface area contributed by atoms with E-state index in [1.807, 2.05) is 62.4 Å². The summed E-state index contributed by atoms with van der Waals surface area (Å²) in [5, 5.41) is 46.6. The van der Waals surface area contributed by atoms with Crippen LogP contribution in [0.25, 0.3) is 0 Å². The molecule has 0 bridgehead atoms. The number of nitro benzene ring substituents is 2. The highest BCUT2D eigenvalue weighted by atomic mass is 128. The molecule has 0 unspecified atom stereocenters. The molecule has 18 heteroatoms. The van der Waals surface area contributed by atoms with Crippen LogP contribution in [0.1, 0.15) is 13.8 Å². The first-order chi connectivity index (χ1) is 25.2. The SMILES string of the molecule is C=CC(=O)OCCN(CC)c1ccc(N=Nc2ccc([N+](=O)[O-])cc2)cc1.CCN(CCO)c1ccc(N=Nc2ccc([N+](=O)[O-])cc2)cc1.I.II. The zero-order valence-corrected chi connectivity index (χ0v) is 35.5. The fourth-order valence-electron chi connectivity index (χ4n) is 4.35. The average Bonchev–Trinajstić information content (AvgIpc) is 3.18. The van der Waals surface area contributed by atoms with Crippen LogP contribution in [-0.4, -0.2) is 60.3 Å². The van der Waals surface area contributed by atoms with Crippen molar-refractivity contribution in [1.82, 2.24) is 0 Å². The van der Waals surface area contributed by atoms with Crippen molar-refractivity contribution in [3.8, 4) is 0 Å². The van der Waals surface area contributed by atoms with Crippen molar-refractivity contribution >= 4 is 113 Å². The predicted molar refractivity (Wildman–Crippen MR) is 235 cm³/mol. The van der Waals surface area contributed by atoms with Crippen LogP contribution in [0.4, 0.5) is 45.5 Å². The van der Waals surface area contributed by atoms with Crippen molar-refractivity contribution in [3.05, 3.63) is 130 Å². The minimum Gasteiger partial charge on any atom is -0.461 e. The molecular formula is C35H39I3N8O7. The van der Waals surface area contributed by atoms with Gasteiger partial charge in [0.2, 0.25) is 0 Å². The molecule has 0 saturated heterocycles.